The van der Waals surface area contributed by atoms with E-state index in [0.717, 1.165) is 6.07 Å². The average molecular weight is 298 g/mol. The first-order valence-electron chi connectivity index (χ1n) is 5.18. The summed E-state index contributed by atoms with van der Waals surface area (Å²) in [6.45, 7) is -0.578. The van der Waals surface area contributed by atoms with Gasteiger partial charge in [-0.1, -0.05) is 0 Å². The normalized spacial score (nSPS) is 12.4. The first kappa shape index (κ1) is 15.6. The summed E-state index contributed by atoms with van der Waals surface area (Å²) >= 11 is 0. The zero-order chi connectivity index (χ0) is 14.7. The number of alkyl halides is 3. The van der Waals surface area contributed by atoms with Crippen LogP contribution in [-0.2, 0) is 10.0 Å². The molecule has 1 rings (SSSR count). The number of nitrogen functional groups attached to an aromatic ring is 1. The van der Waals surface area contributed by atoms with Crippen LogP contribution in [0.3, 0.4) is 0 Å². The van der Waals surface area contributed by atoms with E-state index in [-0.39, 0.29) is 16.3 Å². The Morgan fingerprint density at radius 2 is 2.00 bits per heavy atom. The number of sulfonamides is 1. The van der Waals surface area contributed by atoms with E-state index in [2.05, 4.69) is 4.72 Å². The van der Waals surface area contributed by atoms with E-state index in [1.54, 1.807) is 0 Å². The molecule has 0 spiro atoms. The van der Waals surface area contributed by atoms with Crippen molar-refractivity contribution in [1.82, 2.24) is 4.72 Å². The minimum atomic E-state index is -4.32. The van der Waals surface area contributed by atoms with Crippen LogP contribution in [0.5, 0.6) is 5.75 Å². The van der Waals surface area contributed by atoms with Gasteiger partial charge in [-0.15, -0.1) is 0 Å². The monoisotopic (exact) mass is 298 g/mol. The van der Waals surface area contributed by atoms with Crippen LogP contribution < -0.4 is 15.2 Å². The zero-order valence-electron chi connectivity index (χ0n) is 9.99. The second-order valence-electron chi connectivity index (χ2n) is 3.62. The summed E-state index contributed by atoms with van der Waals surface area (Å²) in [6, 6.07) is 3.54. The quantitative estimate of drug-likeness (QED) is 0.807. The Morgan fingerprint density at radius 1 is 1.37 bits per heavy atom. The summed E-state index contributed by atoms with van der Waals surface area (Å²) in [4.78, 5) is -0.0873. The molecule has 3 N–H and O–H groups in total. The van der Waals surface area contributed by atoms with Crippen molar-refractivity contribution >= 4 is 15.7 Å². The molecule has 0 amide bonds. The third-order valence-electron chi connectivity index (χ3n) is 2.20. The number of rotatable bonds is 5. The summed E-state index contributed by atoms with van der Waals surface area (Å²) in [5.41, 5.74) is 5.48. The van der Waals surface area contributed by atoms with Crippen LogP contribution in [0.1, 0.15) is 6.42 Å². The molecule has 0 bridgehead atoms. The number of nitrogens with two attached hydrogens (primary N) is 1. The molecular formula is C10H13F3N2O3S. The summed E-state index contributed by atoms with van der Waals surface area (Å²) in [5, 5.41) is 0. The maximum Gasteiger partial charge on any atom is 0.392 e. The molecule has 5 nitrogen and oxygen atoms in total. The van der Waals surface area contributed by atoms with Gasteiger partial charge in [0.1, 0.15) is 5.75 Å². The largest absolute Gasteiger partial charge is 0.491 e. The van der Waals surface area contributed by atoms with Gasteiger partial charge in [0, 0.05) is 0 Å². The molecule has 0 unspecified atom stereocenters. The van der Waals surface area contributed by atoms with Crippen molar-refractivity contribution in [1.29, 1.82) is 0 Å². The van der Waals surface area contributed by atoms with Gasteiger partial charge < -0.3 is 10.5 Å². The number of nitrogens with one attached hydrogen (secondary N) is 1. The highest BCUT2D eigenvalue weighted by Crippen LogP contribution is 2.26. The molecule has 0 aliphatic heterocycles. The van der Waals surface area contributed by atoms with Gasteiger partial charge in [-0.3, -0.25) is 0 Å². The van der Waals surface area contributed by atoms with Gasteiger partial charge in [0.05, 0.1) is 23.6 Å². The Balaban J connectivity index is 2.79. The predicted molar refractivity (Wildman–Crippen MR) is 63.3 cm³/mol. The summed E-state index contributed by atoms with van der Waals surface area (Å²) in [7, 11) is -2.41. The van der Waals surface area contributed by atoms with E-state index in [1.807, 2.05) is 0 Å². The first-order chi connectivity index (χ1) is 8.65. The van der Waals surface area contributed by atoms with E-state index in [9.17, 15) is 21.6 Å². The third-order valence-corrected chi connectivity index (χ3v) is 3.62. The Bertz CT molecular complexity index is 543. The van der Waals surface area contributed by atoms with Crippen molar-refractivity contribution < 1.29 is 26.3 Å². The summed E-state index contributed by atoms with van der Waals surface area (Å²) < 4.78 is 65.6. The molecule has 0 heterocycles. The lowest BCUT2D eigenvalue weighted by atomic mass is 10.3. The van der Waals surface area contributed by atoms with Crippen molar-refractivity contribution in [2.24, 2.45) is 0 Å². The number of ether oxygens (including phenoxy) is 1. The minimum Gasteiger partial charge on any atom is -0.491 e. The van der Waals surface area contributed by atoms with Crippen molar-refractivity contribution in [3.8, 4) is 5.75 Å². The number of hydrogen-bond donors (Lipinski definition) is 2. The number of benzene rings is 1. The molecule has 1 aromatic carbocycles. The standard InChI is InChI=1S/C10H13F3N2O3S/c1-15-19(16,17)7-2-3-9(8(14)6-7)18-5-4-10(11,12)13/h2-3,6,15H,4-5,14H2,1H3. The fraction of sp³-hybridized carbons (Fsp3) is 0.400. The van der Waals surface area contributed by atoms with Gasteiger partial charge >= 0.3 is 6.18 Å². The maximum absolute atomic E-state index is 11.9. The lowest BCUT2D eigenvalue weighted by molar-refractivity contribution is -0.139. The van der Waals surface area contributed by atoms with Crippen LogP contribution in [0.15, 0.2) is 23.1 Å². The highest BCUT2D eigenvalue weighted by atomic mass is 32.2. The van der Waals surface area contributed by atoms with Crippen LogP contribution in [0, 0.1) is 0 Å². The Kier molecular flexibility index (Phi) is 4.64. The van der Waals surface area contributed by atoms with Crippen LogP contribution >= 0.6 is 0 Å². The van der Waals surface area contributed by atoms with E-state index >= 15 is 0 Å². The number of anilines is 1. The van der Waals surface area contributed by atoms with Gasteiger partial charge in [-0.05, 0) is 25.2 Å². The highest BCUT2D eigenvalue weighted by molar-refractivity contribution is 7.89. The predicted octanol–water partition coefficient (Wildman–Crippen LogP) is 1.51. The maximum atomic E-state index is 11.9. The fourth-order valence-corrected chi connectivity index (χ4v) is 1.98. The van der Waals surface area contributed by atoms with Crippen LogP contribution in [0.4, 0.5) is 18.9 Å². The van der Waals surface area contributed by atoms with Crippen molar-refractivity contribution in [3.05, 3.63) is 18.2 Å². The Hall–Kier alpha value is -1.48. The van der Waals surface area contributed by atoms with E-state index in [0.29, 0.717) is 0 Å². The van der Waals surface area contributed by atoms with E-state index in [4.69, 9.17) is 10.5 Å². The SMILES string of the molecule is CNS(=O)(=O)c1ccc(OCCC(F)(F)F)c(N)c1. The van der Waals surface area contributed by atoms with Crippen molar-refractivity contribution in [3.63, 3.8) is 0 Å². The molecule has 9 heteroatoms. The van der Waals surface area contributed by atoms with E-state index < -0.39 is 29.2 Å². The molecule has 1 aromatic rings. The zero-order valence-corrected chi connectivity index (χ0v) is 10.8. The van der Waals surface area contributed by atoms with Crippen molar-refractivity contribution in [2.45, 2.75) is 17.5 Å². The molecule has 19 heavy (non-hydrogen) atoms. The van der Waals surface area contributed by atoms with Gasteiger partial charge in [-0.25, -0.2) is 13.1 Å². The molecule has 108 valence electrons. The molecule has 0 radical (unpaired) electrons. The van der Waals surface area contributed by atoms with Gasteiger partial charge in [-0.2, -0.15) is 13.2 Å². The van der Waals surface area contributed by atoms with Gasteiger partial charge in [0.15, 0.2) is 0 Å². The topological polar surface area (TPSA) is 81.4 Å². The molecular weight excluding hydrogens is 285 g/mol. The van der Waals surface area contributed by atoms with Crippen molar-refractivity contribution in [2.75, 3.05) is 19.4 Å². The molecule has 0 saturated carbocycles. The lowest BCUT2D eigenvalue weighted by Crippen LogP contribution is -2.19. The van der Waals surface area contributed by atoms with Gasteiger partial charge in [0.25, 0.3) is 0 Å². The smallest absolute Gasteiger partial charge is 0.392 e. The van der Waals surface area contributed by atoms with E-state index in [1.165, 1.54) is 19.2 Å². The number of hydrogen-bond acceptors (Lipinski definition) is 4. The molecule has 0 aliphatic rings. The third kappa shape index (κ3) is 4.60. The van der Waals surface area contributed by atoms with Crippen LogP contribution in [0.2, 0.25) is 0 Å². The molecule has 0 aliphatic carbocycles. The van der Waals surface area contributed by atoms with Crippen LogP contribution in [-0.4, -0.2) is 28.2 Å². The van der Waals surface area contributed by atoms with Gasteiger partial charge in [0.2, 0.25) is 10.0 Å². The lowest BCUT2D eigenvalue weighted by Gasteiger charge is -2.11. The second-order valence-corrected chi connectivity index (χ2v) is 5.51. The molecule has 0 saturated heterocycles. The molecule has 0 fully saturated rings. The molecule has 0 atom stereocenters. The number of halogens is 3. The molecule has 0 aromatic heterocycles. The minimum absolute atomic E-state index is 0.0132. The summed E-state index contributed by atoms with van der Waals surface area (Å²) in [6.07, 6.45) is -5.42. The average Bonchev–Trinajstić information content (AvgIpc) is 2.29. The fourth-order valence-electron chi connectivity index (χ4n) is 1.22. The van der Waals surface area contributed by atoms with Crippen LogP contribution in [0.25, 0.3) is 0 Å². The Labute approximate surface area is 108 Å². The first-order valence-corrected chi connectivity index (χ1v) is 6.66. The Morgan fingerprint density at radius 3 is 2.47 bits per heavy atom. The second kappa shape index (κ2) is 5.66. The summed E-state index contributed by atoms with van der Waals surface area (Å²) in [5.74, 6) is 0.0132. The highest BCUT2D eigenvalue weighted by Gasteiger charge is 2.27.